The van der Waals surface area contributed by atoms with Crippen LogP contribution in [0.5, 0.6) is 0 Å². The molecule has 1 fully saturated rings. The molecule has 1 aliphatic heterocycles. The molecule has 0 saturated carbocycles. The number of nitrogens with two attached hydrogens (primary N) is 1. The van der Waals surface area contributed by atoms with E-state index in [4.69, 9.17) is 22.1 Å². The summed E-state index contributed by atoms with van der Waals surface area (Å²) in [5.41, 5.74) is 6.34. The van der Waals surface area contributed by atoms with Crippen molar-refractivity contribution in [3.63, 3.8) is 0 Å². The molecule has 1 aromatic rings. The highest BCUT2D eigenvalue weighted by molar-refractivity contribution is 7.89. The zero-order chi connectivity index (χ0) is 15.6. The lowest BCUT2D eigenvalue weighted by Gasteiger charge is -2.37. The van der Waals surface area contributed by atoms with E-state index in [9.17, 15) is 8.42 Å². The lowest BCUT2D eigenvalue weighted by Crippen LogP contribution is -2.51. The van der Waals surface area contributed by atoms with Crippen molar-refractivity contribution >= 4 is 34.0 Å². The van der Waals surface area contributed by atoms with Gasteiger partial charge in [0.2, 0.25) is 10.0 Å². The van der Waals surface area contributed by atoms with Gasteiger partial charge in [0.05, 0.1) is 11.0 Å². The summed E-state index contributed by atoms with van der Waals surface area (Å²) >= 11 is 6.05. The van der Waals surface area contributed by atoms with Crippen LogP contribution in [0.15, 0.2) is 23.1 Å². The molecule has 2 unspecified atom stereocenters. The van der Waals surface area contributed by atoms with Gasteiger partial charge < -0.3 is 10.5 Å². The highest BCUT2D eigenvalue weighted by Gasteiger charge is 2.37. The summed E-state index contributed by atoms with van der Waals surface area (Å²) in [6.45, 7) is 2.40. The van der Waals surface area contributed by atoms with E-state index >= 15 is 0 Å². The van der Waals surface area contributed by atoms with Gasteiger partial charge in [-0.2, -0.15) is 4.31 Å². The van der Waals surface area contributed by atoms with Gasteiger partial charge in [0.25, 0.3) is 0 Å². The fraction of sp³-hybridized carbons (Fsp3) is 0.571. The molecule has 1 aromatic carbocycles. The molecule has 0 spiro atoms. The Balaban J connectivity index is 0.00000242. The molecule has 0 bridgehead atoms. The van der Waals surface area contributed by atoms with Crippen molar-refractivity contribution in [2.24, 2.45) is 5.73 Å². The van der Waals surface area contributed by atoms with Crippen molar-refractivity contribution in [3.05, 3.63) is 28.8 Å². The molecule has 0 aromatic heterocycles. The maximum absolute atomic E-state index is 12.9. The number of piperidine rings is 1. The third kappa shape index (κ3) is 3.75. The predicted molar refractivity (Wildman–Crippen MR) is 90.2 cm³/mol. The van der Waals surface area contributed by atoms with Crippen molar-refractivity contribution < 1.29 is 13.2 Å². The normalized spacial score (nSPS) is 23.1. The van der Waals surface area contributed by atoms with Gasteiger partial charge in [-0.25, -0.2) is 8.42 Å². The van der Waals surface area contributed by atoms with Crippen molar-refractivity contribution in [1.82, 2.24) is 4.31 Å². The molecule has 0 amide bonds. The van der Waals surface area contributed by atoms with E-state index < -0.39 is 10.0 Å². The van der Waals surface area contributed by atoms with E-state index in [1.807, 2.05) is 0 Å². The van der Waals surface area contributed by atoms with Gasteiger partial charge in [-0.05, 0) is 37.5 Å². The van der Waals surface area contributed by atoms with E-state index in [0.29, 0.717) is 30.0 Å². The Morgan fingerprint density at radius 2 is 2.14 bits per heavy atom. The van der Waals surface area contributed by atoms with Crippen LogP contribution in [0.25, 0.3) is 0 Å². The standard InChI is InChI=1S/C14H21ClN2O3S.ClH/c1-10-13(15)4-3-5-14(10)21(18,19)17-7-6-12(20-2)8-11(17)9-16;/h3-5,11-12H,6-9,16H2,1-2H3;1H. The molecular weight excluding hydrogens is 347 g/mol. The molecule has 1 saturated heterocycles. The molecule has 0 radical (unpaired) electrons. The number of hydrogen-bond donors (Lipinski definition) is 1. The van der Waals surface area contributed by atoms with Crippen molar-refractivity contribution in [1.29, 1.82) is 0 Å². The Hall–Kier alpha value is -0.370. The van der Waals surface area contributed by atoms with E-state index in [1.54, 1.807) is 32.2 Å². The van der Waals surface area contributed by atoms with Crippen LogP contribution < -0.4 is 5.73 Å². The first-order chi connectivity index (χ1) is 9.91. The number of nitrogens with zero attached hydrogens (tertiary/aromatic N) is 1. The first-order valence-corrected chi connectivity index (χ1v) is 8.73. The second-order valence-electron chi connectivity index (χ2n) is 5.25. The largest absolute Gasteiger partial charge is 0.381 e. The summed E-state index contributed by atoms with van der Waals surface area (Å²) in [4.78, 5) is 0.254. The Bertz CT molecular complexity index is 610. The molecule has 2 atom stereocenters. The minimum Gasteiger partial charge on any atom is -0.381 e. The van der Waals surface area contributed by atoms with E-state index in [-0.39, 0.29) is 36.0 Å². The Kier molecular flexibility index (Phi) is 7.11. The van der Waals surface area contributed by atoms with Gasteiger partial charge >= 0.3 is 0 Å². The third-order valence-electron chi connectivity index (χ3n) is 4.02. The average molecular weight is 369 g/mol. The number of sulfonamides is 1. The molecule has 0 aliphatic carbocycles. The first kappa shape index (κ1) is 19.7. The number of hydrogen-bond acceptors (Lipinski definition) is 4. The van der Waals surface area contributed by atoms with Gasteiger partial charge in [0.15, 0.2) is 0 Å². The summed E-state index contributed by atoms with van der Waals surface area (Å²) in [6.07, 6.45) is 1.35. The van der Waals surface area contributed by atoms with Crippen LogP contribution in [0.2, 0.25) is 5.02 Å². The highest BCUT2D eigenvalue weighted by atomic mass is 35.5. The highest BCUT2D eigenvalue weighted by Crippen LogP contribution is 2.30. The minimum absolute atomic E-state index is 0. The molecule has 8 heteroatoms. The second kappa shape index (κ2) is 7.95. The molecular formula is C14H22Cl2N2O3S. The van der Waals surface area contributed by atoms with Crippen LogP contribution in [0.3, 0.4) is 0 Å². The zero-order valence-corrected chi connectivity index (χ0v) is 15.0. The molecule has 2 N–H and O–H groups in total. The lowest BCUT2D eigenvalue weighted by molar-refractivity contribution is 0.0401. The number of methoxy groups -OCH3 is 1. The van der Waals surface area contributed by atoms with Gasteiger partial charge in [-0.15, -0.1) is 12.4 Å². The maximum Gasteiger partial charge on any atom is 0.243 e. The molecule has 126 valence electrons. The third-order valence-corrected chi connectivity index (χ3v) is 6.53. The van der Waals surface area contributed by atoms with Gasteiger partial charge in [-0.3, -0.25) is 0 Å². The summed E-state index contributed by atoms with van der Waals surface area (Å²) < 4.78 is 32.6. The minimum atomic E-state index is -3.59. The quantitative estimate of drug-likeness (QED) is 0.883. The summed E-state index contributed by atoms with van der Waals surface area (Å²) in [5, 5.41) is 0.451. The van der Waals surface area contributed by atoms with Crippen LogP contribution >= 0.6 is 24.0 Å². The molecule has 5 nitrogen and oxygen atoms in total. The van der Waals surface area contributed by atoms with Crippen molar-refractivity contribution in [3.8, 4) is 0 Å². The topological polar surface area (TPSA) is 72.6 Å². The van der Waals surface area contributed by atoms with Gasteiger partial charge in [0, 0.05) is 31.3 Å². The number of rotatable bonds is 4. The molecule has 1 heterocycles. The van der Waals surface area contributed by atoms with E-state index in [1.165, 1.54) is 4.31 Å². The van der Waals surface area contributed by atoms with Crippen LogP contribution in [0, 0.1) is 6.92 Å². The predicted octanol–water partition coefficient (Wildman–Crippen LogP) is 2.20. The number of halogens is 2. The number of ether oxygens (including phenoxy) is 1. The monoisotopic (exact) mass is 368 g/mol. The maximum atomic E-state index is 12.9. The summed E-state index contributed by atoms with van der Waals surface area (Å²) in [6, 6.07) is 4.69. The second-order valence-corrected chi connectivity index (χ2v) is 7.52. The molecule has 22 heavy (non-hydrogen) atoms. The first-order valence-electron chi connectivity index (χ1n) is 6.91. The summed E-state index contributed by atoms with van der Waals surface area (Å²) in [7, 11) is -1.95. The smallest absolute Gasteiger partial charge is 0.243 e. The van der Waals surface area contributed by atoms with Gasteiger partial charge in [-0.1, -0.05) is 17.7 Å². The number of benzene rings is 1. The lowest BCUT2D eigenvalue weighted by atomic mass is 10.0. The Morgan fingerprint density at radius 1 is 1.45 bits per heavy atom. The van der Waals surface area contributed by atoms with Crippen LogP contribution in [-0.4, -0.2) is 45.1 Å². The van der Waals surface area contributed by atoms with Crippen LogP contribution in [0.4, 0.5) is 0 Å². The molecule has 1 aliphatic rings. The van der Waals surface area contributed by atoms with E-state index in [2.05, 4.69) is 0 Å². The zero-order valence-electron chi connectivity index (χ0n) is 12.7. The van der Waals surface area contributed by atoms with E-state index in [0.717, 1.165) is 0 Å². The Labute approximate surface area is 143 Å². The van der Waals surface area contributed by atoms with Gasteiger partial charge in [0.1, 0.15) is 0 Å². The average Bonchev–Trinajstić information content (AvgIpc) is 2.49. The van der Waals surface area contributed by atoms with Crippen LogP contribution in [0.1, 0.15) is 18.4 Å². The summed E-state index contributed by atoms with van der Waals surface area (Å²) in [5.74, 6) is 0. The fourth-order valence-corrected chi connectivity index (χ4v) is 4.87. The van der Waals surface area contributed by atoms with Crippen LogP contribution in [-0.2, 0) is 14.8 Å². The molecule has 2 rings (SSSR count). The van der Waals surface area contributed by atoms with Crippen molar-refractivity contribution in [2.45, 2.75) is 36.8 Å². The Morgan fingerprint density at radius 3 is 2.73 bits per heavy atom. The SMILES string of the molecule is COC1CCN(S(=O)(=O)c2cccc(Cl)c2C)C(CN)C1.Cl. The fourth-order valence-electron chi connectivity index (χ4n) is 2.73. The van der Waals surface area contributed by atoms with Crippen molar-refractivity contribution in [2.75, 3.05) is 20.2 Å².